The topological polar surface area (TPSA) is 59.8 Å². The van der Waals surface area contributed by atoms with E-state index in [9.17, 15) is 4.79 Å². The Hall–Kier alpha value is -2.30. The Morgan fingerprint density at radius 3 is 2.96 bits per heavy atom. The number of aromatic nitrogens is 3. The van der Waals surface area contributed by atoms with Crippen molar-refractivity contribution in [1.82, 2.24) is 14.5 Å². The van der Waals surface area contributed by atoms with E-state index in [2.05, 4.69) is 34.0 Å². The Labute approximate surface area is 174 Å². The quantitative estimate of drug-likeness (QED) is 0.317. The summed E-state index contributed by atoms with van der Waals surface area (Å²) in [6, 6.07) is 5.87. The SMILES string of the molecule is CCCC#CCCSc1nc2ccc(NC(=O)CCn3ccnc3C)cc2s1. The fourth-order valence-electron chi connectivity index (χ4n) is 2.62. The van der Waals surface area contributed by atoms with Crippen LogP contribution in [0.15, 0.2) is 34.9 Å². The number of hydrogen-bond donors (Lipinski definition) is 1. The minimum Gasteiger partial charge on any atom is -0.335 e. The van der Waals surface area contributed by atoms with E-state index in [0.717, 1.165) is 51.1 Å². The van der Waals surface area contributed by atoms with E-state index in [1.165, 1.54) is 0 Å². The number of rotatable bonds is 8. The van der Waals surface area contributed by atoms with Crippen molar-refractivity contribution in [2.24, 2.45) is 0 Å². The predicted molar refractivity (Wildman–Crippen MR) is 118 cm³/mol. The first kappa shape index (κ1) is 20.4. The fraction of sp³-hybridized carbons (Fsp3) is 0.381. The minimum atomic E-state index is -0.00258. The maximum atomic E-state index is 12.2. The number of amides is 1. The Morgan fingerprint density at radius 2 is 2.18 bits per heavy atom. The second-order valence-corrected chi connectivity index (χ2v) is 8.70. The van der Waals surface area contributed by atoms with Crippen LogP contribution in [0.3, 0.4) is 0 Å². The van der Waals surface area contributed by atoms with E-state index in [4.69, 9.17) is 0 Å². The molecule has 1 amide bonds. The van der Waals surface area contributed by atoms with Crippen LogP contribution in [0, 0.1) is 18.8 Å². The number of nitrogens with one attached hydrogen (secondary N) is 1. The van der Waals surface area contributed by atoms with Gasteiger partial charge in [0.1, 0.15) is 5.82 Å². The normalized spacial score (nSPS) is 10.6. The van der Waals surface area contributed by atoms with Crippen LogP contribution in [0.25, 0.3) is 10.2 Å². The Bertz CT molecular complexity index is 997. The smallest absolute Gasteiger partial charge is 0.226 e. The lowest BCUT2D eigenvalue weighted by atomic mass is 10.3. The van der Waals surface area contributed by atoms with Crippen molar-refractivity contribution in [3.63, 3.8) is 0 Å². The second kappa shape index (κ2) is 10.3. The van der Waals surface area contributed by atoms with E-state index in [1.807, 2.05) is 35.9 Å². The van der Waals surface area contributed by atoms with Crippen LogP contribution in [0.1, 0.15) is 38.4 Å². The number of benzene rings is 1. The molecule has 0 unspecified atom stereocenters. The lowest BCUT2D eigenvalue weighted by Gasteiger charge is -2.07. The van der Waals surface area contributed by atoms with Gasteiger partial charge in [-0.2, -0.15) is 0 Å². The van der Waals surface area contributed by atoms with Gasteiger partial charge in [0, 0.05) is 49.6 Å². The number of thiazole rings is 1. The van der Waals surface area contributed by atoms with Gasteiger partial charge in [-0.1, -0.05) is 18.7 Å². The molecule has 0 radical (unpaired) electrons. The van der Waals surface area contributed by atoms with E-state index < -0.39 is 0 Å². The molecule has 0 aliphatic heterocycles. The molecule has 1 aromatic carbocycles. The molecule has 3 aromatic rings. The molecule has 0 bridgehead atoms. The molecule has 28 heavy (non-hydrogen) atoms. The maximum absolute atomic E-state index is 12.2. The van der Waals surface area contributed by atoms with Crippen molar-refractivity contribution in [3.05, 3.63) is 36.4 Å². The number of thioether (sulfide) groups is 1. The molecule has 0 aliphatic rings. The fourth-order valence-corrected chi connectivity index (χ4v) is 4.65. The molecule has 0 aliphatic carbocycles. The molecule has 0 saturated heterocycles. The summed E-state index contributed by atoms with van der Waals surface area (Å²) in [5.74, 6) is 8.24. The van der Waals surface area contributed by atoms with Crippen LogP contribution in [0.5, 0.6) is 0 Å². The third-order valence-electron chi connectivity index (χ3n) is 4.11. The van der Waals surface area contributed by atoms with Crippen molar-refractivity contribution in [3.8, 4) is 11.8 Å². The van der Waals surface area contributed by atoms with Crippen molar-refractivity contribution in [2.45, 2.75) is 50.4 Å². The molecule has 2 heterocycles. The summed E-state index contributed by atoms with van der Waals surface area (Å²) in [7, 11) is 0. The molecule has 0 atom stereocenters. The lowest BCUT2D eigenvalue weighted by Crippen LogP contribution is -2.14. The molecule has 0 fully saturated rings. The number of hydrogen-bond acceptors (Lipinski definition) is 5. The van der Waals surface area contributed by atoms with Gasteiger partial charge in [-0.15, -0.1) is 23.2 Å². The van der Waals surface area contributed by atoms with Crippen LogP contribution >= 0.6 is 23.1 Å². The van der Waals surface area contributed by atoms with Crippen LogP contribution in [0.2, 0.25) is 0 Å². The average Bonchev–Trinajstić information content (AvgIpc) is 3.28. The predicted octanol–water partition coefficient (Wildman–Crippen LogP) is 5.12. The number of unbranched alkanes of at least 4 members (excludes halogenated alkanes) is 1. The summed E-state index contributed by atoms with van der Waals surface area (Å²) in [6.45, 7) is 4.70. The lowest BCUT2D eigenvalue weighted by molar-refractivity contribution is -0.116. The summed E-state index contributed by atoms with van der Waals surface area (Å²) in [4.78, 5) is 21.1. The van der Waals surface area contributed by atoms with Gasteiger partial charge >= 0.3 is 0 Å². The minimum absolute atomic E-state index is 0.00258. The number of carbonyl (C=O) groups excluding carboxylic acids is 1. The molecule has 5 nitrogen and oxygen atoms in total. The van der Waals surface area contributed by atoms with Gasteiger partial charge in [0.15, 0.2) is 4.34 Å². The first-order valence-electron chi connectivity index (χ1n) is 9.42. The monoisotopic (exact) mass is 412 g/mol. The van der Waals surface area contributed by atoms with E-state index in [-0.39, 0.29) is 5.91 Å². The van der Waals surface area contributed by atoms with Gasteiger partial charge in [0.05, 0.1) is 10.2 Å². The highest BCUT2D eigenvalue weighted by atomic mass is 32.2. The second-order valence-electron chi connectivity index (χ2n) is 6.33. The van der Waals surface area contributed by atoms with Crippen molar-refractivity contribution >= 4 is 44.9 Å². The van der Waals surface area contributed by atoms with E-state index in [1.54, 1.807) is 29.3 Å². The standard InChI is InChI=1S/C21H24N4OS2/c1-3-4-5-6-7-14-27-21-24-18-9-8-17(15-19(18)28-21)23-20(26)10-12-25-13-11-22-16(25)2/h8-9,11,13,15H,3-4,7,10,12,14H2,1-2H3,(H,23,26). The Balaban J connectivity index is 1.52. The molecule has 3 rings (SSSR count). The summed E-state index contributed by atoms with van der Waals surface area (Å²) < 4.78 is 4.11. The highest BCUT2D eigenvalue weighted by Crippen LogP contribution is 2.31. The summed E-state index contributed by atoms with van der Waals surface area (Å²) in [6.07, 6.45) is 7.03. The van der Waals surface area contributed by atoms with Gasteiger partial charge in [-0.25, -0.2) is 9.97 Å². The number of nitrogens with zero attached hydrogens (tertiary/aromatic N) is 3. The summed E-state index contributed by atoms with van der Waals surface area (Å²) >= 11 is 3.40. The molecular weight excluding hydrogens is 388 g/mol. The average molecular weight is 413 g/mol. The van der Waals surface area contributed by atoms with Crippen LogP contribution in [0.4, 0.5) is 5.69 Å². The van der Waals surface area contributed by atoms with Crippen LogP contribution in [-0.2, 0) is 11.3 Å². The van der Waals surface area contributed by atoms with Gasteiger partial charge in [-0.3, -0.25) is 4.79 Å². The van der Waals surface area contributed by atoms with Gasteiger partial charge in [-0.05, 0) is 31.5 Å². The van der Waals surface area contributed by atoms with Crippen molar-refractivity contribution in [2.75, 3.05) is 11.1 Å². The van der Waals surface area contributed by atoms with E-state index in [0.29, 0.717) is 13.0 Å². The third kappa shape index (κ3) is 5.85. The third-order valence-corrected chi connectivity index (χ3v) is 6.27. The van der Waals surface area contributed by atoms with Crippen molar-refractivity contribution < 1.29 is 4.79 Å². The van der Waals surface area contributed by atoms with Gasteiger partial charge in [0.2, 0.25) is 5.91 Å². The van der Waals surface area contributed by atoms with Gasteiger partial charge < -0.3 is 9.88 Å². The zero-order valence-electron chi connectivity index (χ0n) is 16.2. The Kier molecular flexibility index (Phi) is 7.52. The number of imidazole rings is 1. The maximum Gasteiger partial charge on any atom is 0.226 e. The molecule has 0 saturated carbocycles. The molecular formula is C21H24N4OS2. The number of fused-ring (bicyclic) bond motifs is 1. The Morgan fingerprint density at radius 1 is 1.32 bits per heavy atom. The first-order valence-corrected chi connectivity index (χ1v) is 11.2. The van der Waals surface area contributed by atoms with Crippen LogP contribution < -0.4 is 5.32 Å². The number of aryl methyl sites for hydroxylation is 2. The van der Waals surface area contributed by atoms with Crippen molar-refractivity contribution in [1.29, 1.82) is 0 Å². The summed E-state index contributed by atoms with van der Waals surface area (Å²) in [5, 5.41) is 2.98. The highest BCUT2D eigenvalue weighted by molar-refractivity contribution is 8.01. The molecule has 0 spiro atoms. The molecule has 7 heteroatoms. The van der Waals surface area contributed by atoms with Gasteiger partial charge in [0.25, 0.3) is 0 Å². The highest BCUT2D eigenvalue weighted by Gasteiger charge is 2.08. The zero-order chi connectivity index (χ0) is 19.8. The van der Waals surface area contributed by atoms with E-state index >= 15 is 0 Å². The molecule has 1 N–H and O–H groups in total. The van der Waals surface area contributed by atoms with Crippen LogP contribution in [-0.4, -0.2) is 26.2 Å². The number of carbonyl (C=O) groups is 1. The largest absolute Gasteiger partial charge is 0.335 e. The molecule has 2 aromatic heterocycles. The first-order chi connectivity index (χ1) is 13.7. The molecule has 146 valence electrons. The summed E-state index contributed by atoms with van der Waals surface area (Å²) in [5.41, 5.74) is 1.78. The number of anilines is 1. The zero-order valence-corrected chi connectivity index (χ0v) is 17.8.